The van der Waals surface area contributed by atoms with Gasteiger partial charge in [0.1, 0.15) is 0 Å². The summed E-state index contributed by atoms with van der Waals surface area (Å²) < 4.78 is 0. The second-order valence-electron chi connectivity index (χ2n) is 6.06. The fourth-order valence-corrected chi connectivity index (χ4v) is 3.92. The zero-order chi connectivity index (χ0) is 10.6. The molecule has 4 fully saturated rings. The van der Waals surface area contributed by atoms with E-state index in [0.29, 0.717) is 11.8 Å². The van der Waals surface area contributed by atoms with Crippen LogP contribution in [0.15, 0.2) is 0 Å². The van der Waals surface area contributed by atoms with E-state index >= 15 is 0 Å². The van der Waals surface area contributed by atoms with E-state index in [-0.39, 0.29) is 11.5 Å². The molecule has 15 heavy (non-hydrogen) atoms. The highest BCUT2D eigenvalue weighted by Crippen LogP contribution is 2.45. The minimum Gasteiger partial charge on any atom is -0.392 e. The highest BCUT2D eigenvalue weighted by atomic mass is 16.3. The Morgan fingerprint density at radius 1 is 1.13 bits per heavy atom. The zero-order valence-corrected chi connectivity index (χ0v) is 9.82. The van der Waals surface area contributed by atoms with Crippen LogP contribution in [0.2, 0.25) is 0 Å². The van der Waals surface area contributed by atoms with Gasteiger partial charge in [-0.3, -0.25) is 0 Å². The summed E-state index contributed by atoms with van der Waals surface area (Å²) in [4.78, 5) is 5.15. The summed E-state index contributed by atoms with van der Waals surface area (Å²) in [6.45, 7) is 11.4. The molecule has 3 nitrogen and oxygen atoms in total. The molecule has 0 aromatic heterocycles. The normalized spacial score (nSPS) is 53.6. The molecule has 86 valence electrons. The van der Waals surface area contributed by atoms with Crippen molar-refractivity contribution < 1.29 is 5.11 Å². The number of aliphatic hydroxyl groups excluding tert-OH is 1. The number of fused-ring (bicyclic) bond motifs is 1. The molecule has 4 aliphatic rings. The quantitative estimate of drug-likeness (QED) is 0.672. The SMILES string of the molecule is CC(C)C12CN3CCN(CC(C3)[C@@H]1O)C2. The van der Waals surface area contributed by atoms with Gasteiger partial charge in [0.05, 0.1) is 6.10 Å². The van der Waals surface area contributed by atoms with Crippen molar-refractivity contribution >= 4 is 0 Å². The second kappa shape index (κ2) is 3.19. The first-order valence-electron chi connectivity index (χ1n) is 6.24. The van der Waals surface area contributed by atoms with Gasteiger partial charge in [-0.15, -0.1) is 0 Å². The molecule has 4 rings (SSSR count). The van der Waals surface area contributed by atoms with Crippen molar-refractivity contribution in [1.29, 1.82) is 0 Å². The number of aliphatic hydroxyl groups is 1. The molecule has 4 bridgehead atoms. The molecule has 0 saturated carbocycles. The third-order valence-corrected chi connectivity index (χ3v) is 4.94. The Kier molecular flexibility index (Phi) is 2.14. The minimum atomic E-state index is -0.0666. The predicted octanol–water partition coefficient (Wildman–Crippen LogP) is 0.251. The van der Waals surface area contributed by atoms with Crippen molar-refractivity contribution in [2.45, 2.75) is 20.0 Å². The van der Waals surface area contributed by atoms with Crippen molar-refractivity contribution in [2.75, 3.05) is 39.3 Å². The third kappa shape index (κ3) is 1.30. The van der Waals surface area contributed by atoms with Crippen LogP contribution in [0, 0.1) is 17.3 Å². The largest absolute Gasteiger partial charge is 0.392 e. The van der Waals surface area contributed by atoms with E-state index in [2.05, 4.69) is 23.6 Å². The maximum Gasteiger partial charge on any atom is 0.0676 e. The van der Waals surface area contributed by atoms with Crippen LogP contribution in [0.4, 0.5) is 0 Å². The van der Waals surface area contributed by atoms with Gasteiger partial charge in [0.15, 0.2) is 0 Å². The van der Waals surface area contributed by atoms with Gasteiger partial charge >= 0.3 is 0 Å². The Labute approximate surface area is 92.1 Å². The summed E-state index contributed by atoms with van der Waals surface area (Å²) in [5, 5.41) is 10.5. The smallest absolute Gasteiger partial charge is 0.0676 e. The van der Waals surface area contributed by atoms with Crippen LogP contribution in [0.5, 0.6) is 0 Å². The van der Waals surface area contributed by atoms with Crippen LogP contribution in [0.1, 0.15) is 13.8 Å². The summed E-state index contributed by atoms with van der Waals surface area (Å²) >= 11 is 0. The molecule has 3 atom stereocenters. The van der Waals surface area contributed by atoms with Gasteiger partial charge in [-0.05, 0) is 5.92 Å². The van der Waals surface area contributed by atoms with E-state index in [4.69, 9.17) is 0 Å². The molecule has 2 unspecified atom stereocenters. The molecule has 4 saturated heterocycles. The van der Waals surface area contributed by atoms with Crippen molar-refractivity contribution in [2.24, 2.45) is 17.3 Å². The maximum absolute atomic E-state index is 10.5. The molecule has 4 aliphatic heterocycles. The Morgan fingerprint density at radius 3 is 2.13 bits per heavy atom. The summed E-state index contributed by atoms with van der Waals surface area (Å²) in [5.74, 6) is 1.08. The number of hydrogen-bond donors (Lipinski definition) is 1. The first-order valence-corrected chi connectivity index (χ1v) is 6.24. The van der Waals surface area contributed by atoms with Gasteiger partial charge < -0.3 is 14.9 Å². The molecule has 0 aliphatic carbocycles. The van der Waals surface area contributed by atoms with E-state index < -0.39 is 0 Å². The average molecular weight is 210 g/mol. The van der Waals surface area contributed by atoms with Crippen molar-refractivity contribution in [3.8, 4) is 0 Å². The van der Waals surface area contributed by atoms with Crippen LogP contribution < -0.4 is 0 Å². The lowest BCUT2D eigenvalue weighted by Crippen LogP contribution is -2.65. The predicted molar refractivity (Wildman–Crippen MR) is 59.6 cm³/mol. The lowest BCUT2D eigenvalue weighted by atomic mass is 9.64. The monoisotopic (exact) mass is 210 g/mol. The maximum atomic E-state index is 10.5. The number of hydrogen-bond acceptors (Lipinski definition) is 3. The Hall–Kier alpha value is -0.120. The van der Waals surface area contributed by atoms with Gasteiger partial charge in [0, 0.05) is 50.6 Å². The van der Waals surface area contributed by atoms with Gasteiger partial charge in [0.25, 0.3) is 0 Å². The highest BCUT2D eigenvalue weighted by Gasteiger charge is 2.54. The number of piperidine rings is 2. The molecule has 3 heteroatoms. The van der Waals surface area contributed by atoms with Crippen LogP contribution in [0.25, 0.3) is 0 Å². The van der Waals surface area contributed by atoms with E-state index in [9.17, 15) is 5.11 Å². The van der Waals surface area contributed by atoms with E-state index in [1.807, 2.05) is 0 Å². The number of rotatable bonds is 1. The molecule has 0 amide bonds. The Balaban J connectivity index is 1.99. The highest BCUT2D eigenvalue weighted by molar-refractivity contribution is 5.07. The molecule has 0 spiro atoms. The Morgan fingerprint density at radius 2 is 1.67 bits per heavy atom. The average Bonchev–Trinajstić information content (AvgIpc) is 2.41. The molecular formula is C12H22N2O. The summed E-state index contributed by atoms with van der Waals surface area (Å²) in [7, 11) is 0. The van der Waals surface area contributed by atoms with E-state index in [0.717, 1.165) is 26.2 Å². The van der Waals surface area contributed by atoms with Crippen LogP contribution >= 0.6 is 0 Å². The summed E-state index contributed by atoms with van der Waals surface area (Å²) in [6.07, 6.45) is -0.0666. The van der Waals surface area contributed by atoms with Crippen molar-refractivity contribution in [3.63, 3.8) is 0 Å². The first-order chi connectivity index (χ1) is 7.12. The van der Waals surface area contributed by atoms with E-state index in [1.165, 1.54) is 13.1 Å². The van der Waals surface area contributed by atoms with E-state index in [1.54, 1.807) is 0 Å². The molecule has 0 aromatic carbocycles. The minimum absolute atomic E-state index is 0.0666. The standard InChI is InChI=1S/C12H22N2O/c1-9(2)12-7-13-3-4-14(8-12)6-10(5-13)11(12)15/h9-11,15H,3-8H2,1-2H3/t10?,11-,12?/m0/s1. The zero-order valence-electron chi connectivity index (χ0n) is 9.82. The lowest BCUT2D eigenvalue weighted by molar-refractivity contribution is -0.137. The van der Waals surface area contributed by atoms with Crippen LogP contribution in [-0.4, -0.2) is 60.3 Å². The summed E-state index contributed by atoms with van der Waals surface area (Å²) in [6, 6.07) is 0. The van der Waals surface area contributed by atoms with Crippen molar-refractivity contribution in [1.82, 2.24) is 9.80 Å². The third-order valence-electron chi connectivity index (χ3n) is 4.94. The molecule has 1 N–H and O–H groups in total. The fourth-order valence-electron chi connectivity index (χ4n) is 3.92. The second-order valence-corrected chi connectivity index (χ2v) is 6.06. The topological polar surface area (TPSA) is 26.7 Å². The molecule has 4 heterocycles. The first kappa shape index (κ1) is 10.1. The molecule has 0 aromatic rings. The van der Waals surface area contributed by atoms with Gasteiger partial charge in [-0.25, -0.2) is 0 Å². The van der Waals surface area contributed by atoms with Crippen LogP contribution in [-0.2, 0) is 0 Å². The lowest BCUT2D eigenvalue weighted by Gasteiger charge is -2.55. The van der Waals surface area contributed by atoms with Crippen LogP contribution in [0.3, 0.4) is 0 Å². The fraction of sp³-hybridized carbons (Fsp3) is 1.00. The molecular weight excluding hydrogens is 188 g/mol. The Bertz CT molecular complexity index is 250. The summed E-state index contributed by atoms with van der Waals surface area (Å²) in [5.41, 5.74) is 0.150. The van der Waals surface area contributed by atoms with Gasteiger partial charge in [-0.1, -0.05) is 13.8 Å². The molecule has 0 radical (unpaired) electrons. The number of nitrogens with zero attached hydrogens (tertiary/aromatic N) is 2. The van der Waals surface area contributed by atoms with Gasteiger partial charge in [0.2, 0.25) is 0 Å². The van der Waals surface area contributed by atoms with Crippen molar-refractivity contribution in [3.05, 3.63) is 0 Å². The van der Waals surface area contributed by atoms with Gasteiger partial charge in [-0.2, -0.15) is 0 Å².